The molecular formula is C14H20N2O4S. The van der Waals surface area contributed by atoms with Crippen LogP contribution in [0, 0.1) is 0 Å². The predicted molar refractivity (Wildman–Crippen MR) is 81.9 cm³/mol. The Hall–Kier alpha value is -1.70. The van der Waals surface area contributed by atoms with Crippen molar-refractivity contribution in [2.45, 2.75) is 6.42 Å². The normalized spacial score (nSPS) is 11.7. The number of carbonyl (C=O) groups excluding carboxylic acids is 1. The molecule has 0 saturated carbocycles. The van der Waals surface area contributed by atoms with Gasteiger partial charge >= 0.3 is 0 Å². The number of benzene rings is 1. The Morgan fingerprint density at radius 1 is 1.24 bits per heavy atom. The highest BCUT2D eigenvalue weighted by Crippen LogP contribution is 2.02. The van der Waals surface area contributed by atoms with Gasteiger partial charge in [-0.2, -0.15) is 0 Å². The molecule has 1 aromatic rings. The minimum absolute atomic E-state index is 0.0558. The van der Waals surface area contributed by atoms with E-state index in [1.807, 2.05) is 18.2 Å². The van der Waals surface area contributed by atoms with Crippen LogP contribution >= 0.6 is 0 Å². The van der Waals surface area contributed by atoms with Crippen LogP contribution in [0.15, 0.2) is 35.7 Å². The van der Waals surface area contributed by atoms with E-state index in [-0.39, 0.29) is 18.9 Å². The average molecular weight is 312 g/mol. The summed E-state index contributed by atoms with van der Waals surface area (Å²) in [5.74, 6) is -0.221. The van der Waals surface area contributed by atoms with Gasteiger partial charge in [-0.1, -0.05) is 30.3 Å². The van der Waals surface area contributed by atoms with Crippen LogP contribution in [0.5, 0.6) is 0 Å². The molecule has 0 atom stereocenters. The molecule has 7 heteroatoms. The molecule has 1 amide bonds. The van der Waals surface area contributed by atoms with E-state index >= 15 is 0 Å². The Bertz CT molecular complexity index is 556. The lowest BCUT2D eigenvalue weighted by Gasteiger charge is -2.05. The van der Waals surface area contributed by atoms with Crippen LogP contribution in [0.3, 0.4) is 0 Å². The summed E-state index contributed by atoms with van der Waals surface area (Å²) >= 11 is 0. The van der Waals surface area contributed by atoms with Crippen molar-refractivity contribution in [2.75, 3.05) is 26.8 Å². The first-order valence-corrected chi connectivity index (χ1v) is 8.06. The highest BCUT2D eigenvalue weighted by Gasteiger charge is 2.06. The number of methoxy groups -OCH3 is 1. The van der Waals surface area contributed by atoms with Crippen molar-refractivity contribution in [1.29, 1.82) is 0 Å². The number of rotatable bonds is 9. The minimum Gasteiger partial charge on any atom is -0.383 e. The SMILES string of the molecule is COCCNC(=O)CCNS(=O)(=O)/C=C/c1ccccc1. The molecule has 0 heterocycles. The van der Waals surface area contributed by atoms with Gasteiger partial charge in [-0.15, -0.1) is 0 Å². The molecule has 0 aliphatic heterocycles. The number of sulfonamides is 1. The van der Waals surface area contributed by atoms with Gasteiger partial charge in [0.15, 0.2) is 0 Å². The van der Waals surface area contributed by atoms with Crippen molar-refractivity contribution in [2.24, 2.45) is 0 Å². The summed E-state index contributed by atoms with van der Waals surface area (Å²) in [6.45, 7) is 0.896. The van der Waals surface area contributed by atoms with Gasteiger partial charge in [0.2, 0.25) is 15.9 Å². The van der Waals surface area contributed by atoms with Gasteiger partial charge in [0.05, 0.1) is 6.61 Å². The number of amides is 1. The van der Waals surface area contributed by atoms with Gasteiger partial charge in [-0.05, 0) is 11.6 Å². The second-order valence-corrected chi connectivity index (χ2v) is 5.90. The predicted octanol–water partition coefficient (Wildman–Crippen LogP) is 0.729. The molecule has 6 nitrogen and oxygen atoms in total. The van der Waals surface area contributed by atoms with Crippen molar-refractivity contribution >= 4 is 22.0 Å². The fraction of sp³-hybridized carbons (Fsp3) is 0.357. The van der Waals surface area contributed by atoms with Crippen LogP contribution in [0.4, 0.5) is 0 Å². The van der Waals surface area contributed by atoms with Crippen LogP contribution in [-0.2, 0) is 19.6 Å². The third-order valence-electron chi connectivity index (χ3n) is 2.52. The quantitative estimate of drug-likeness (QED) is 0.658. The molecule has 0 unspecified atom stereocenters. The van der Waals surface area contributed by atoms with Crippen LogP contribution in [0.2, 0.25) is 0 Å². The van der Waals surface area contributed by atoms with E-state index in [9.17, 15) is 13.2 Å². The monoisotopic (exact) mass is 312 g/mol. The van der Waals surface area contributed by atoms with Crippen LogP contribution in [0.25, 0.3) is 6.08 Å². The van der Waals surface area contributed by atoms with Crippen molar-refractivity contribution in [3.8, 4) is 0 Å². The van der Waals surface area contributed by atoms with E-state index in [2.05, 4.69) is 10.0 Å². The Morgan fingerprint density at radius 3 is 2.62 bits per heavy atom. The molecule has 0 fully saturated rings. The van der Waals surface area contributed by atoms with E-state index in [1.54, 1.807) is 19.2 Å². The minimum atomic E-state index is -3.54. The number of nitrogens with one attached hydrogen (secondary N) is 2. The van der Waals surface area contributed by atoms with Gasteiger partial charge < -0.3 is 10.1 Å². The van der Waals surface area contributed by atoms with Crippen LogP contribution in [0.1, 0.15) is 12.0 Å². The molecule has 2 N–H and O–H groups in total. The summed E-state index contributed by atoms with van der Waals surface area (Å²) in [5, 5.41) is 3.70. The number of hydrogen-bond donors (Lipinski definition) is 2. The van der Waals surface area contributed by atoms with Gasteiger partial charge in [-0.3, -0.25) is 4.79 Å². The lowest BCUT2D eigenvalue weighted by molar-refractivity contribution is -0.121. The Balaban J connectivity index is 2.33. The molecule has 0 spiro atoms. The van der Waals surface area contributed by atoms with Gasteiger partial charge in [0, 0.05) is 32.0 Å². The first kappa shape index (κ1) is 17.4. The standard InChI is InChI=1S/C14H20N2O4S/c1-20-11-10-15-14(17)7-9-16-21(18,19)12-8-13-5-3-2-4-6-13/h2-6,8,12,16H,7,9-11H2,1H3,(H,15,17)/b12-8+. The number of carbonyl (C=O) groups is 1. The zero-order chi connectivity index (χ0) is 15.6. The van der Waals surface area contributed by atoms with Gasteiger partial charge in [0.25, 0.3) is 0 Å². The van der Waals surface area contributed by atoms with E-state index in [4.69, 9.17) is 4.74 Å². The fourth-order valence-corrected chi connectivity index (χ4v) is 2.29. The van der Waals surface area contributed by atoms with Crippen molar-refractivity contribution in [3.05, 3.63) is 41.3 Å². The third kappa shape index (κ3) is 8.23. The number of hydrogen-bond acceptors (Lipinski definition) is 4. The van der Waals surface area contributed by atoms with Crippen LogP contribution in [-0.4, -0.2) is 41.1 Å². The lowest BCUT2D eigenvalue weighted by atomic mass is 10.2. The Morgan fingerprint density at radius 2 is 1.95 bits per heavy atom. The summed E-state index contributed by atoms with van der Waals surface area (Å²) in [6.07, 6.45) is 1.59. The number of ether oxygens (including phenoxy) is 1. The zero-order valence-electron chi connectivity index (χ0n) is 11.9. The Labute approximate surface area is 125 Å². The third-order valence-corrected chi connectivity index (χ3v) is 3.62. The van der Waals surface area contributed by atoms with E-state index in [0.29, 0.717) is 13.2 Å². The summed E-state index contributed by atoms with van der Waals surface area (Å²) in [7, 11) is -1.99. The highest BCUT2D eigenvalue weighted by molar-refractivity contribution is 7.92. The van der Waals surface area contributed by atoms with Crippen molar-refractivity contribution in [3.63, 3.8) is 0 Å². The summed E-state index contributed by atoms with van der Waals surface area (Å²) in [6, 6.07) is 9.10. The smallest absolute Gasteiger partial charge is 0.233 e. The second kappa shape index (κ2) is 9.28. The zero-order valence-corrected chi connectivity index (χ0v) is 12.7. The van der Waals surface area contributed by atoms with Crippen molar-refractivity contribution in [1.82, 2.24) is 10.0 Å². The lowest BCUT2D eigenvalue weighted by Crippen LogP contribution is -2.31. The summed E-state index contributed by atoms with van der Waals surface area (Å²) < 4.78 is 30.5. The highest BCUT2D eigenvalue weighted by atomic mass is 32.2. The molecule has 0 aromatic heterocycles. The van der Waals surface area contributed by atoms with Crippen molar-refractivity contribution < 1.29 is 17.9 Å². The summed E-state index contributed by atoms with van der Waals surface area (Å²) in [5.41, 5.74) is 0.792. The molecule has 0 bridgehead atoms. The van der Waals surface area contributed by atoms with E-state index in [1.165, 1.54) is 6.08 Å². The first-order chi connectivity index (χ1) is 10.0. The summed E-state index contributed by atoms with van der Waals surface area (Å²) in [4.78, 5) is 11.4. The molecule has 1 aromatic carbocycles. The van der Waals surface area contributed by atoms with Gasteiger partial charge in [0.1, 0.15) is 0 Å². The molecule has 0 aliphatic rings. The molecule has 0 saturated heterocycles. The molecular weight excluding hydrogens is 292 g/mol. The molecule has 0 aliphatic carbocycles. The second-order valence-electron chi connectivity index (χ2n) is 4.25. The van der Waals surface area contributed by atoms with Gasteiger partial charge in [-0.25, -0.2) is 13.1 Å². The molecule has 0 radical (unpaired) electrons. The van der Waals surface area contributed by atoms with E-state index in [0.717, 1.165) is 11.0 Å². The molecule has 21 heavy (non-hydrogen) atoms. The van der Waals surface area contributed by atoms with E-state index < -0.39 is 10.0 Å². The Kier molecular flexibility index (Phi) is 7.66. The maximum Gasteiger partial charge on any atom is 0.233 e. The average Bonchev–Trinajstić information content (AvgIpc) is 2.46. The topological polar surface area (TPSA) is 84.5 Å². The largest absolute Gasteiger partial charge is 0.383 e. The maximum atomic E-state index is 11.7. The maximum absolute atomic E-state index is 11.7. The fourth-order valence-electron chi connectivity index (χ4n) is 1.47. The molecule has 1 rings (SSSR count). The molecule has 116 valence electrons. The first-order valence-electron chi connectivity index (χ1n) is 6.52. The van der Waals surface area contributed by atoms with Crippen LogP contribution < -0.4 is 10.0 Å².